The molecule has 8 nitrogen and oxygen atoms in total. The fraction of sp³-hybridized carbons (Fsp3) is 0.214. The van der Waals surface area contributed by atoms with Crippen LogP contribution in [-0.2, 0) is 4.79 Å². The number of hydrogen-bond donors (Lipinski definition) is 4. The third-order valence-electron chi connectivity index (χ3n) is 6.37. The highest BCUT2D eigenvalue weighted by Gasteiger charge is 2.27. The molecule has 3 aromatic heterocycles. The molecule has 0 spiro atoms. The number of nitrogens with zero attached hydrogens (tertiary/aromatic N) is 2. The Morgan fingerprint density at radius 1 is 1.08 bits per heavy atom. The second kappa shape index (κ2) is 11.6. The fourth-order valence-electron chi connectivity index (χ4n) is 4.29. The second-order valence-electron chi connectivity index (χ2n) is 9.19. The van der Waals surface area contributed by atoms with Crippen LogP contribution < -0.4 is 21.3 Å². The Labute approximate surface area is 229 Å². The number of hydrogen-bond acceptors (Lipinski definition) is 7. The molecule has 0 saturated carbocycles. The zero-order valence-corrected chi connectivity index (χ0v) is 22.6. The van der Waals surface area contributed by atoms with Gasteiger partial charge in [-0.05, 0) is 54.6 Å². The third kappa shape index (κ3) is 6.27. The highest BCUT2D eigenvalue weighted by Crippen LogP contribution is 2.28. The average molecular weight is 545 g/mol. The summed E-state index contributed by atoms with van der Waals surface area (Å²) in [6.07, 6.45) is 13.7. The molecule has 0 radical (unpaired) electrons. The van der Waals surface area contributed by atoms with Crippen molar-refractivity contribution >= 4 is 44.7 Å². The number of pyridine rings is 1. The number of thiazole rings is 1. The van der Waals surface area contributed by atoms with Gasteiger partial charge in [0.15, 0.2) is 5.13 Å². The lowest BCUT2D eigenvalue weighted by atomic mass is 9.87. The molecule has 3 atom stereocenters. The molecule has 0 saturated heterocycles. The van der Waals surface area contributed by atoms with E-state index in [1.165, 1.54) is 16.9 Å². The van der Waals surface area contributed by atoms with E-state index in [2.05, 4.69) is 33.2 Å². The van der Waals surface area contributed by atoms with Gasteiger partial charge in [-0.15, -0.1) is 22.7 Å². The topological polar surface area (TPSA) is 108 Å². The normalized spacial score (nSPS) is 20.6. The molecule has 4 N–H and O–H groups in total. The Morgan fingerprint density at radius 2 is 1.97 bits per heavy atom. The average Bonchev–Trinajstić information content (AvgIpc) is 3.59. The van der Waals surface area contributed by atoms with Gasteiger partial charge in [0.1, 0.15) is 0 Å². The number of rotatable bonds is 7. The van der Waals surface area contributed by atoms with E-state index in [0.29, 0.717) is 12.1 Å². The number of urea groups is 1. The SMILES string of the molecule is CC1=CC=C(NC(=O)C2C=CC(NC(=O)Nc3cccs3)=CC2C)CC1Nc1nc(-c2cccnc2)cs1. The maximum absolute atomic E-state index is 13.1. The van der Waals surface area contributed by atoms with E-state index in [1.54, 1.807) is 29.8 Å². The predicted molar refractivity (Wildman–Crippen MR) is 154 cm³/mol. The molecule has 194 valence electrons. The summed E-state index contributed by atoms with van der Waals surface area (Å²) in [6, 6.07) is 7.32. The molecule has 0 aromatic carbocycles. The molecular weight excluding hydrogens is 516 g/mol. The summed E-state index contributed by atoms with van der Waals surface area (Å²) in [4.78, 5) is 34.2. The van der Waals surface area contributed by atoms with E-state index in [0.717, 1.165) is 27.1 Å². The van der Waals surface area contributed by atoms with Crippen molar-refractivity contribution in [3.63, 3.8) is 0 Å². The number of carbonyl (C=O) groups excluding carboxylic acids is 2. The first kappa shape index (κ1) is 25.6. The van der Waals surface area contributed by atoms with Gasteiger partial charge in [0, 0.05) is 41.2 Å². The van der Waals surface area contributed by atoms with Crippen molar-refractivity contribution in [2.75, 3.05) is 10.6 Å². The number of amides is 3. The third-order valence-corrected chi connectivity index (χ3v) is 7.93. The lowest BCUT2D eigenvalue weighted by Gasteiger charge is -2.27. The quantitative estimate of drug-likeness (QED) is 0.295. The van der Waals surface area contributed by atoms with Gasteiger partial charge in [-0.3, -0.25) is 15.1 Å². The summed E-state index contributed by atoms with van der Waals surface area (Å²) >= 11 is 3.00. The van der Waals surface area contributed by atoms with Crippen LogP contribution in [0, 0.1) is 11.8 Å². The van der Waals surface area contributed by atoms with Crippen molar-refractivity contribution in [3.05, 3.63) is 94.8 Å². The highest BCUT2D eigenvalue weighted by molar-refractivity contribution is 7.14. The smallest absolute Gasteiger partial charge is 0.324 e. The van der Waals surface area contributed by atoms with Crippen LogP contribution in [0.5, 0.6) is 0 Å². The van der Waals surface area contributed by atoms with Crippen LogP contribution in [0.4, 0.5) is 14.9 Å². The first-order valence-electron chi connectivity index (χ1n) is 12.3. The van der Waals surface area contributed by atoms with Crippen molar-refractivity contribution in [1.29, 1.82) is 0 Å². The maximum Gasteiger partial charge on any atom is 0.324 e. The molecule has 0 fully saturated rings. The number of aromatic nitrogens is 2. The summed E-state index contributed by atoms with van der Waals surface area (Å²) in [5.74, 6) is -0.479. The van der Waals surface area contributed by atoms with E-state index in [9.17, 15) is 9.59 Å². The monoisotopic (exact) mass is 544 g/mol. The Balaban J connectivity index is 1.15. The molecule has 3 unspecified atom stereocenters. The van der Waals surface area contributed by atoms with Crippen molar-refractivity contribution in [1.82, 2.24) is 20.6 Å². The van der Waals surface area contributed by atoms with Crippen molar-refractivity contribution in [2.24, 2.45) is 11.8 Å². The van der Waals surface area contributed by atoms with Gasteiger partial charge < -0.3 is 16.0 Å². The lowest BCUT2D eigenvalue weighted by Crippen LogP contribution is -2.37. The zero-order chi connectivity index (χ0) is 26.5. The molecule has 3 heterocycles. The van der Waals surface area contributed by atoms with Crippen LogP contribution in [-0.4, -0.2) is 27.9 Å². The molecule has 5 rings (SSSR count). The number of nitrogens with one attached hydrogen (secondary N) is 4. The van der Waals surface area contributed by atoms with Gasteiger partial charge in [-0.1, -0.05) is 30.7 Å². The van der Waals surface area contributed by atoms with Crippen molar-refractivity contribution < 1.29 is 9.59 Å². The summed E-state index contributed by atoms with van der Waals surface area (Å²) in [5.41, 5.74) is 4.56. The first-order chi connectivity index (χ1) is 18.4. The van der Waals surface area contributed by atoms with Gasteiger partial charge >= 0.3 is 6.03 Å². The number of anilines is 2. The minimum absolute atomic E-state index is 0.0278. The molecule has 38 heavy (non-hydrogen) atoms. The number of carbonyl (C=O) groups is 2. The standard InChI is InChI=1S/C28H28N6O2S2/c1-17-7-8-21(14-23(17)32-28-33-24(16-38-28)19-5-3-11-29-15-19)30-26(35)22-10-9-20(13-18(22)2)31-27(36)34-25-6-4-12-37-25/h3-13,15-16,18,22-23H,14H2,1-2H3,(H,30,35)(H,32,33)(H2,31,34,36). The van der Waals surface area contributed by atoms with Crippen LogP contribution in [0.25, 0.3) is 11.3 Å². The van der Waals surface area contributed by atoms with Crippen LogP contribution in [0.15, 0.2) is 94.8 Å². The fourth-order valence-corrected chi connectivity index (χ4v) is 5.68. The molecule has 2 aliphatic rings. The van der Waals surface area contributed by atoms with Gasteiger partial charge in [-0.2, -0.15) is 0 Å². The molecule has 3 aromatic rings. The first-order valence-corrected chi connectivity index (χ1v) is 14.0. The summed E-state index contributed by atoms with van der Waals surface area (Å²) in [7, 11) is 0. The van der Waals surface area contributed by atoms with Crippen molar-refractivity contribution in [2.45, 2.75) is 26.3 Å². The number of thiophene rings is 1. The van der Waals surface area contributed by atoms with Crippen LogP contribution in [0.3, 0.4) is 0 Å². The van der Waals surface area contributed by atoms with Crippen LogP contribution in [0.2, 0.25) is 0 Å². The van der Waals surface area contributed by atoms with E-state index in [-0.39, 0.29) is 29.8 Å². The Hall–Kier alpha value is -4.02. The highest BCUT2D eigenvalue weighted by atomic mass is 32.1. The summed E-state index contributed by atoms with van der Waals surface area (Å²) < 4.78 is 0. The molecule has 3 amide bonds. The van der Waals surface area contributed by atoms with E-state index in [4.69, 9.17) is 4.98 Å². The largest absolute Gasteiger partial charge is 0.355 e. The lowest BCUT2D eigenvalue weighted by molar-refractivity contribution is -0.123. The van der Waals surface area contributed by atoms with Gasteiger partial charge in [0.2, 0.25) is 5.91 Å². The maximum atomic E-state index is 13.1. The van der Waals surface area contributed by atoms with E-state index in [1.807, 2.05) is 66.3 Å². The Morgan fingerprint density at radius 3 is 2.74 bits per heavy atom. The second-order valence-corrected chi connectivity index (χ2v) is 11.0. The molecule has 10 heteroatoms. The molecule has 0 aliphatic heterocycles. The zero-order valence-electron chi connectivity index (χ0n) is 21.0. The predicted octanol–water partition coefficient (Wildman–Crippen LogP) is 5.92. The molecule has 2 aliphatic carbocycles. The van der Waals surface area contributed by atoms with Gasteiger partial charge in [0.25, 0.3) is 0 Å². The molecular formula is C28H28N6O2S2. The van der Waals surface area contributed by atoms with E-state index >= 15 is 0 Å². The van der Waals surface area contributed by atoms with Gasteiger partial charge in [-0.25, -0.2) is 9.78 Å². The van der Waals surface area contributed by atoms with Crippen molar-refractivity contribution in [3.8, 4) is 11.3 Å². The summed E-state index contributed by atoms with van der Waals surface area (Å²) in [6.45, 7) is 4.04. The summed E-state index contributed by atoms with van der Waals surface area (Å²) in [5, 5.41) is 17.8. The van der Waals surface area contributed by atoms with Gasteiger partial charge in [0.05, 0.1) is 22.7 Å². The minimum Gasteiger partial charge on any atom is -0.355 e. The Bertz CT molecular complexity index is 1420. The Kier molecular flexibility index (Phi) is 7.81. The van der Waals surface area contributed by atoms with E-state index < -0.39 is 0 Å². The van der Waals surface area contributed by atoms with Crippen LogP contribution in [0.1, 0.15) is 20.3 Å². The minimum atomic E-state index is -0.332. The van der Waals surface area contributed by atoms with Crippen LogP contribution >= 0.6 is 22.7 Å². The number of allylic oxidation sites excluding steroid dienone is 4. The molecule has 0 bridgehead atoms.